The predicted octanol–water partition coefficient (Wildman–Crippen LogP) is 0.993. The van der Waals surface area contributed by atoms with Crippen molar-refractivity contribution in [1.29, 1.82) is 0 Å². The molecule has 3 heteroatoms. The molecule has 1 rings (SSSR count). The standard InChI is InChI=1S/C11H23NO2/c1-10(2)6-5-9(14)11(3,4)12(10)7-8-13/h9,13-14H,5-8H2,1-4H3. The van der Waals surface area contributed by atoms with Crippen molar-refractivity contribution >= 4 is 0 Å². The van der Waals surface area contributed by atoms with Crippen LogP contribution in [-0.4, -0.2) is 45.4 Å². The van der Waals surface area contributed by atoms with Crippen molar-refractivity contribution in [3.05, 3.63) is 0 Å². The van der Waals surface area contributed by atoms with E-state index in [1.807, 2.05) is 13.8 Å². The molecule has 3 nitrogen and oxygen atoms in total. The Kier molecular flexibility index (Phi) is 3.24. The van der Waals surface area contributed by atoms with E-state index < -0.39 is 0 Å². The van der Waals surface area contributed by atoms with E-state index in [9.17, 15) is 5.11 Å². The maximum absolute atomic E-state index is 9.94. The number of aliphatic hydroxyl groups excluding tert-OH is 2. The highest BCUT2D eigenvalue weighted by molar-refractivity contribution is 5.01. The third kappa shape index (κ3) is 1.95. The summed E-state index contributed by atoms with van der Waals surface area (Å²) in [6, 6.07) is 0. The fourth-order valence-corrected chi connectivity index (χ4v) is 2.63. The number of hydrogen-bond acceptors (Lipinski definition) is 3. The lowest BCUT2D eigenvalue weighted by molar-refractivity contribution is -0.109. The first-order chi connectivity index (χ1) is 6.32. The zero-order valence-electron chi connectivity index (χ0n) is 9.75. The minimum atomic E-state index is -0.290. The summed E-state index contributed by atoms with van der Waals surface area (Å²) in [7, 11) is 0. The number of nitrogens with zero attached hydrogens (tertiary/aromatic N) is 1. The Labute approximate surface area is 86.7 Å². The first-order valence-electron chi connectivity index (χ1n) is 5.39. The van der Waals surface area contributed by atoms with Gasteiger partial charge in [-0.1, -0.05) is 0 Å². The van der Waals surface area contributed by atoms with Crippen LogP contribution in [0.4, 0.5) is 0 Å². The molecule has 1 aliphatic heterocycles. The molecule has 84 valence electrons. The van der Waals surface area contributed by atoms with E-state index in [4.69, 9.17) is 5.11 Å². The number of rotatable bonds is 2. The van der Waals surface area contributed by atoms with E-state index in [-0.39, 0.29) is 23.8 Å². The van der Waals surface area contributed by atoms with Crippen LogP contribution in [0.15, 0.2) is 0 Å². The highest BCUT2D eigenvalue weighted by Gasteiger charge is 2.45. The van der Waals surface area contributed by atoms with Gasteiger partial charge in [0, 0.05) is 17.6 Å². The molecule has 1 aliphatic rings. The van der Waals surface area contributed by atoms with Crippen molar-refractivity contribution in [2.24, 2.45) is 0 Å². The van der Waals surface area contributed by atoms with Gasteiger partial charge in [-0.25, -0.2) is 0 Å². The number of piperidine rings is 1. The van der Waals surface area contributed by atoms with Gasteiger partial charge in [-0.3, -0.25) is 4.90 Å². The average molecular weight is 201 g/mol. The lowest BCUT2D eigenvalue weighted by Gasteiger charge is -2.55. The van der Waals surface area contributed by atoms with Gasteiger partial charge in [-0.05, 0) is 40.5 Å². The lowest BCUT2D eigenvalue weighted by atomic mass is 9.78. The monoisotopic (exact) mass is 201 g/mol. The maximum Gasteiger partial charge on any atom is 0.0719 e. The molecule has 1 unspecified atom stereocenters. The van der Waals surface area contributed by atoms with Crippen LogP contribution in [0.25, 0.3) is 0 Å². The first kappa shape index (κ1) is 12.0. The van der Waals surface area contributed by atoms with E-state index >= 15 is 0 Å². The van der Waals surface area contributed by atoms with Gasteiger partial charge < -0.3 is 10.2 Å². The summed E-state index contributed by atoms with van der Waals surface area (Å²) in [6.45, 7) is 9.24. The van der Waals surface area contributed by atoms with Crippen molar-refractivity contribution in [1.82, 2.24) is 4.90 Å². The van der Waals surface area contributed by atoms with Crippen LogP contribution in [0.2, 0.25) is 0 Å². The van der Waals surface area contributed by atoms with Crippen molar-refractivity contribution < 1.29 is 10.2 Å². The molecule has 0 amide bonds. The van der Waals surface area contributed by atoms with E-state index in [1.165, 1.54) is 0 Å². The zero-order valence-corrected chi connectivity index (χ0v) is 9.75. The summed E-state index contributed by atoms with van der Waals surface area (Å²) in [4.78, 5) is 2.22. The first-order valence-corrected chi connectivity index (χ1v) is 5.39. The van der Waals surface area contributed by atoms with Gasteiger partial charge in [0.25, 0.3) is 0 Å². The van der Waals surface area contributed by atoms with Gasteiger partial charge in [-0.2, -0.15) is 0 Å². The summed E-state index contributed by atoms with van der Waals surface area (Å²) in [5.74, 6) is 0. The van der Waals surface area contributed by atoms with Gasteiger partial charge in [0.15, 0.2) is 0 Å². The van der Waals surface area contributed by atoms with Crippen LogP contribution in [0.3, 0.4) is 0 Å². The van der Waals surface area contributed by atoms with Gasteiger partial charge >= 0.3 is 0 Å². The molecule has 0 aliphatic carbocycles. The summed E-state index contributed by atoms with van der Waals surface area (Å²) < 4.78 is 0. The molecule has 1 atom stereocenters. The molecule has 0 aromatic heterocycles. The number of hydrogen-bond donors (Lipinski definition) is 2. The fraction of sp³-hybridized carbons (Fsp3) is 1.00. The number of β-amino-alcohol motifs (C(OH)–C–C–N with tert-alkyl or cyclic N) is 1. The van der Waals surface area contributed by atoms with Crippen molar-refractivity contribution in [2.75, 3.05) is 13.2 Å². The quantitative estimate of drug-likeness (QED) is 0.700. The smallest absolute Gasteiger partial charge is 0.0719 e. The molecular formula is C11H23NO2. The lowest BCUT2D eigenvalue weighted by Crippen LogP contribution is -2.65. The largest absolute Gasteiger partial charge is 0.395 e. The third-order valence-corrected chi connectivity index (χ3v) is 3.60. The van der Waals surface area contributed by atoms with E-state index in [0.717, 1.165) is 12.8 Å². The Morgan fingerprint density at radius 1 is 1.29 bits per heavy atom. The molecular weight excluding hydrogens is 178 g/mol. The predicted molar refractivity (Wildman–Crippen MR) is 57.2 cm³/mol. The average Bonchev–Trinajstić information content (AvgIpc) is 2.07. The van der Waals surface area contributed by atoms with Crippen LogP contribution in [0, 0.1) is 0 Å². The highest BCUT2D eigenvalue weighted by Crippen LogP contribution is 2.37. The summed E-state index contributed by atoms with van der Waals surface area (Å²) in [5, 5.41) is 19.0. The zero-order chi connectivity index (χ0) is 11.0. The minimum Gasteiger partial charge on any atom is -0.395 e. The normalized spacial score (nSPS) is 31.7. The molecule has 1 heterocycles. The SMILES string of the molecule is CC1(C)CCC(O)C(C)(C)N1CCO. The van der Waals surface area contributed by atoms with E-state index in [0.29, 0.717) is 6.54 Å². The van der Waals surface area contributed by atoms with Gasteiger partial charge in [0.1, 0.15) is 0 Å². The highest BCUT2D eigenvalue weighted by atomic mass is 16.3. The minimum absolute atomic E-state index is 0.0749. The second-order valence-corrected chi connectivity index (χ2v) is 5.40. The molecule has 0 spiro atoms. The summed E-state index contributed by atoms with van der Waals surface area (Å²) in [5.41, 5.74) is -0.157. The van der Waals surface area contributed by atoms with Crippen LogP contribution < -0.4 is 0 Å². The molecule has 1 fully saturated rings. The molecule has 0 aromatic carbocycles. The maximum atomic E-state index is 9.94. The molecule has 0 aromatic rings. The molecule has 1 saturated heterocycles. The number of aliphatic hydroxyl groups is 2. The Bertz CT molecular complexity index is 201. The van der Waals surface area contributed by atoms with Crippen LogP contribution in [0.5, 0.6) is 0 Å². The van der Waals surface area contributed by atoms with Crippen molar-refractivity contribution in [2.45, 2.75) is 57.7 Å². The summed E-state index contributed by atoms with van der Waals surface area (Å²) in [6.07, 6.45) is 1.54. The van der Waals surface area contributed by atoms with E-state index in [1.54, 1.807) is 0 Å². The molecule has 14 heavy (non-hydrogen) atoms. The topological polar surface area (TPSA) is 43.7 Å². The summed E-state index contributed by atoms with van der Waals surface area (Å²) >= 11 is 0. The van der Waals surface area contributed by atoms with Crippen LogP contribution >= 0.6 is 0 Å². The van der Waals surface area contributed by atoms with Gasteiger partial charge in [-0.15, -0.1) is 0 Å². The van der Waals surface area contributed by atoms with Crippen LogP contribution in [-0.2, 0) is 0 Å². The number of likely N-dealkylation sites (tertiary alicyclic amines) is 1. The Hall–Kier alpha value is -0.120. The Balaban J connectivity index is 2.88. The second-order valence-electron chi connectivity index (χ2n) is 5.40. The fourth-order valence-electron chi connectivity index (χ4n) is 2.63. The third-order valence-electron chi connectivity index (χ3n) is 3.60. The van der Waals surface area contributed by atoms with Crippen molar-refractivity contribution in [3.8, 4) is 0 Å². The van der Waals surface area contributed by atoms with E-state index in [2.05, 4.69) is 18.7 Å². The second kappa shape index (κ2) is 3.80. The van der Waals surface area contributed by atoms with Crippen LogP contribution in [0.1, 0.15) is 40.5 Å². The molecule has 0 saturated carbocycles. The van der Waals surface area contributed by atoms with Gasteiger partial charge in [0.05, 0.1) is 12.7 Å². The Morgan fingerprint density at radius 2 is 1.86 bits per heavy atom. The molecule has 0 bridgehead atoms. The molecule has 2 N–H and O–H groups in total. The Morgan fingerprint density at radius 3 is 2.36 bits per heavy atom. The molecule has 0 radical (unpaired) electrons. The van der Waals surface area contributed by atoms with Gasteiger partial charge in [0.2, 0.25) is 0 Å². The van der Waals surface area contributed by atoms with Crippen molar-refractivity contribution in [3.63, 3.8) is 0 Å².